The van der Waals surface area contributed by atoms with Crippen molar-refractivity contribution in [3.05, 3.63) is 0 Å². The Kier molecular flexibility index (Phi) is 8.77. The second-order valence-corrected chi connectivity index (χ2v) is 19.0. The second-order valence-electron chi connectivity index (χ2n) is 19.0. The number of halogens is 1. The summed E-state index contributed by atoms with van der Waals surface area (Å²) in [5.41, 5.74) is -1.18. The van der Waals surface area contributed by atoms with E-state index in [1.54, 1.807) is 13.8 Å². The lowest BCUT2D eigenvalue weighted by molar-refractivity contribution is -0.241. The number of esters is 1. The van der Waals surface area contributed by atoms with Gasteiger partial charge in [0.2, 0.25) is 0 Å². The lowest BCUT2D eigenvalue weighted by Crippen LogP contribution is -2.57. The second kappa shape index (κ2) is 11.8. The van der Waals surface area contributed by atoms with E-state index in [1.807, 2.05) is 0 Å². The molecule has 274 valence electrons. The summed E-state index contributed by atoms with van der Waals surface area (Å²) in [6.07, 6.45) is 7.42. The van der Waals surface area contributed by atoms with Gasteiger partial charge >= 0.3 is 5.97 Å². The predicted molar refractivity (Wildman–Crippen MR) is 180 cm³/mol. The van der Waals surface area contributed by atoms with Crippen LogP contribution in [0.3, 0.4) is 0 Å². The first-order valence-electron chi connectivity index (χ1n) is 19.2. The summed E-state index contributed by atoms with van der Waals surface area (Å²) in [6, 6.07) is 0. The largest absolute Gasteiger partial charge is 0.457 e. The van der Waals surface area contributed by atoms with Gasteiger partial charge in [0.25, 0.3) is 0 Å². The molecule has 5 saturated carbocycles. The molecule has 2 aliphatic heterocycles. The van der Waals surface area contributed by atoms with Gasteiger partial charge in [0.15, 0.2) is 12.4 Å². The molecule has 0 radical (unpaired) electrons. The zero-order valence-corrected chi connectivity index (χ0v) is 30.9. The third kappa shape index (κ3) is 4.97. The summed E-state index contributed by atoms with van der Waals surface area (Å²) in [5.74, 6) is 0.982. The van der Waals surface area contributed by atoms with Gasteiger partial charge < -0.3 is 29.2 Å². The molecule has 0 aromatic heterocycles. The highest BCUT2D eigenvalue weighted by Gasteiger charge is 2.83. The summed E-state index contributed by atoms with van der Waals surface area (Å²) >= 11 is 0. The number of hydrogen-bond acceptors (Lipinski definition) is 8. The number of rotatable bonds is 7. The number of carbonyl (C=O) groups excluding carboxylic acids is 1. The Bertz CT molecular complexity index is 1240. The number of aliphatic hydroxyl groups excluding tert-OH is 1. The van der Waals surface area contributed by atoms with Crippen LogP contribution in [0.25, 0.3) is 0 Å². The van der Waals surface area contributed by atoms with E-state index >= 15 is 0 Å². The molecule has 2 N–H and O–H groups in total. The standard InChI is InChI=1S/C39H64FNO7/c1-23-20-25(33(35(5,6)44)46-24(2)42)47-31-30(23)36(7)14-15-39-22-38(39)13-12-28(48-29-21-41(17-16-40)18-19-45-29)34(3,4)26(38)10-9-11-27(39)37(36,8)32(31)43/h23,25-33,43-44H,9-22H2,1-8H3. The Hall–Kier alpha value is -0.840. The van der Waals surface area contributed by atoms with Gasteiger partial charge in [-0.2, -0.15) is 0 Å². The van der Waals surface area contributed by atoms with Crippen molar-refractivity contribution in [1.29, 1.82) is 0 Å². The van der Waals surface area contributed by atoms with Crippen LogP contribution in [-0.2, 0) is 23.7 Å². The molecule has 48 heavy (non-hydrogen) atoms. The van der Waals surface area contributed by atoms with Gasteiger partial charge in [-0.05, 0) is 111 Å². The van der Waals surface area contributed by atoms with Crippen LogP contribution in [0.1, 0.15) is 113 Å². The highest BCUT2D eigenvalue weighted by molar-refractivity contribution is 5.66. The Morgan fingerprint density at radius 2 is 1.79 bits per heavy atom. The van der Waals surface area contributed by atoms with E-state index < -0.39 is 29.9 Å². The van der Waals surface area contributed by atoms with Crippen LogP contribution < -0.4 is 0 Å². The summed E-state index contributed by atoms with van der Waals surface area (Å²) in [7, 11) is 0. The maximum absolute atomic E-state index is 13.1. The van der Waals surface area contributed by atoms with E-state index in [1.165, 1.54) is 26.2 Å². The molecule has 14 atom stereocenters. The molecule has 5 aliphatic carbocycles. The minimum atomic E-state index is -1.26. The fourth-order valence-corrected chi connectivity index (χ4v) is 14.1. The predicted octanol–water partition coefficient (Wildman–Crippen LogP) is 5.91. The van der Waals surface area contributed by atoms with Crippen molar-refractivity contribution in [2.24, 2.45) is 50.7 Å². The van der Waals surface area contributed by atoms with E-state index in [-0.39, 0.29) is 64.1 Å². The lowest BCUT2D eigenvalue weighted by Gasteiger charge is -2.60. The Morgan fingerprint density at radius 1 is 1.08 bits per heavy atom. The van der Waals surface area contributed by atoms with Crippen molar-refractivity contribution < 1.29 is 38.3 Å². The van der Waals surface area contributed by atoms with Crippen LogP contribution in [0.2, 0.25) is 0 Å². The number of hydrogen-bond donors (Lipinski definition) is 2. The lowest BCUT2D eigenvalue weighted by atomic mass is 9.45. The molecule has 2 heterocycles. The molecule has 7 fully saturated rings. The molecule has 0 bridgehead atoms. The van der Waals surface area contributed by atoms with Crippen molar-refractivity contribution >= 4 is 5.97 Å². The van der Waals surface area contributed by atoms with Crippen molar-refractivity contribution in [2.75, 3.05) is 32.9 Å². The first-order chi connectivity index (χ1) is 22.5. The first kappa shape index (κ1) is 35.6. The highest BCUT2D eigenvalue weighted by atomic mass is 19.1. The zero-order chi connectivity index (χ0) is 34.7. The average molecular weight is 678 g/mol. The van der Waals surface area contributed by atoms with Gasteiger partial charge in [-0.3, -0.25) is 9.69 Å². The van der Waals surface area contributed by atoms with E-state index in [4.69, 9.17) is 18.9 Å². The maximum Gasteiger partial charge on any atom is 0.303 e. The molecule has 0 amide bonds. The van der Waals surface area contributed by atoms with Crippen molar-refractivity contribution in [3.63, 3.8) is 0 Å². The van der Waals surface area contributed by atoms with Crippen LogP contribution in [0, 0.1) is 50.7 Å². The molecule has 14 unspecified atom stereocenters. The molecular weight excluding hydrogens is 613 g/mol. The molecule has 2 saturated heterocycles. The fourth-order valence-electron chi connectivity index (χ4n) is 14.1. The molecule has 9 heteroatoms. The number of nitrogens with zero attached hydrogens (tertiary/aromatic N) is 1. The van der Waals surface area contributed by atoms with E-state index in [0.29, 0.717) is 38.0 Å². The Labute approximate surface area is 288 Å². The fraction of sp³-hybridized carbons (Fsp3) is 0.974. The minimum absolute atomic E-state index is 0.0139. The van der Waals surface area contributed by atoms with E-state index in [9.17, 15) is 19.4 Å². The van der Waals surface area contributed by atoms with Gasteiger partial charge in [-0.15, -0.1) is 0 Å². The van der Waals surface area contributed by atoms with Gasteiger partial charge in [0, 0.05) is 32.0 Å². The summed E-state index contributed by atoms with van der Waals surface area (Å²) in [6.45, 7) is 18.8. The van der Waals surface area contributed by atoms with Crippen molar-refractivity contribution in [2.45, 2.75) is 156 Å². The van der Waals surface area contributed by atoms with Crippen LogP contribution in [0.5, 0.6) is 0 Å². The molecule has 2 spiro atoms. The Balaban J connectivity index is 1.15. The normalized spacial score (nSPS) is 50.5. The number of fused-ring (bicyclic) bond motifs is 4. The highest BCUT2D eigenvalue weighted by Crippen LogP contribution is 2.88. The average Bonchev–Trinajstić information content (AvgIpc) is 3.62. The first-order valence-corrected chi connectivity index (χ1v) is 19.2. The van der Waals surface area contributed by atoms with Gasteiger partial charge in [-0.1, -0.05) is 41.0 Å². The van der Waals surface area contributed by atoms with Gasteiger partial charge in [0.1, 0.15) is 6.67 Å². The van der Waals surface area contributed by atoms with Gasteiger partial charge in [0.05, 0.1) is 36.6 Å². The zero-order valence-electron chi connectivity index (χ0n) is 30.9. The quantitative estimate of drug-likeness (QED) is 0.322. The smallest absolute Gasteiger partial charge is 0.303 e. The summed E-state index contributed by atoms with van der Waals surface area (Å²) < 4.78 is 38.5. The van der Waals surface area contributed by atoms with Crippen molar-refractivity contribution in [3.8, 4) is 0 Å². The van der Waals surface area contributed by atoms with E-state index in [2.05, 4.69) is 39.5 Å². The number of carbonyl (C=O) groups is 1. The third-order valence-electron chi connectivity index (χ3n) is 16.2. The number of ether oxygens (including phenoxy) is 4. The SMILES string of the molecule is CC(=O)OC(C1CC(C)C2C(O1)C(O)C1(C)C3CCCC4C(C)(C)C(OC5CN(CCF)CCO5)CCC45CC35CCC21C)C(C)(C)O. The molecule has 7 aliphatic rings. The van der Waals surface area contributed by atoms with Crippen LogP contribution in [0.4, 0.5) is 4.39 Å². The maximum atomic E-state index is 13.1. The monoisotopic (exact) mass is 677 g/mol. The molecule has 0 aromatic carbocycles. The topological polar surface area (TPSA) is 97.7 Å². The van der Waals surface area contributed by atoms with Crippen LogP contribution in [0.15, 0.2) is 0 Å². The number of aliphatic hydroxyl groups is 2. The molecular formula is C39H64FNO7. The van der Waals surface area contributed by atoms with Gasteiger partial charge in [-0.25, -0.2) is 4.39 Å². The van der Waals surface area contributed by atoms with E-state index in [0.717, 1.165) is 38.6 Å². The van der Waals surface area contributed by atoms with Crippen LogP contribution >= 0.6 is 0 Å². The molecule has 7 rings (SSSR count). The number of alkyl halides is 1. The summed E-state index contributed by atoms with van der Waals surface area (Å²) in [4.78, 5) is 14.2. The minimum Gasteiger partial charge on any atom is -0.457 e. The summed E-state index contributed by atoms with van der Waals surface area (Å²) in [5, 5.41) is 23.7. The van der Waals surface area contributed by atoms with Crippen molar-refractivity contribution in [1.82, 2.24) is 4.90 Å². The third-order valence-corrected chi connectivity index (χ3v) is 16.2. The van der Waals surface area contributed by atoms with Crippen LogP contribution in [-0.4, -0.2) is 96.4 Å². The molecule has 0 aromatic rings. The number of morpholine rings is 1. The Morgan fingerprint density at radius 3 is 2.48 bits per heavy atom. The molecule has 8 nitrogen and oxygen atoms in total.